The van der Waals surface area contributed by atoms with Crippen molar-refractivity contribution in [3.63, 3.8) is 0 Å². The second-order valence-corrected chi connectivity index (χ2v) is 8.93. The summed E-state index contributed by atoms with van der Waals surface area (Å²) in [6.07, 6.45) is 4.38. The van der Waals surface area contributed by atoms with Crippen LogP contribution >= 0.6 is 11.3 Å². The minimum atomic E-state index is -0.615. The number of carbonyl (C=O) groups excluding carboxylic acids is 1. The van der Waals surface area contributed by atoms with E-state index in [1.54, 1.807) is 12.3 Å². The fraction of sp³-hybridized carbons (Fsp3) is 0.391. The number of nitrogens with zero attached hydrogens (tertiary/aromatic N) is 1. The number of aromatic hydroxyl groups is 1. The Labute approximate surface area is 194 Å². The highest BCUT2D eigenvalue weighted by Crippen LogP contribution is 2.38. The number of thiophene rings is 1. The number of ether oxygens (including phenoxy) is 2. The molecular formula is C23H25FN2O6S. The van der Waals surface area contributed by atoms with Crippen LogP contribution in [-0.2, 0) is 20.9 Å². The number of nitrogens with one attached hydrogen (secondary N) is 1. The van der Waals surface area contributed by atoms with E-state index in [2.05, 4.69) is 20.1 Å². The van der Waals surface area contributed by atoms with Crippen molar-refractivity contribution in [1.29, 1.82) is 0 Å². The lowest BCUT2D eigenvalue weighted by molar-refractivity contribution is -0.215. The highest BCUT2D eigenvalue weighted by molar-refractivity contribution is 7.14. The number of halogens is 1. The zero-order valence-corrected chi connectivity index (χ0v) is 19.2. The molecule has 1 saturated heterocycles. The van der Waals surface area contributed by atoms with Crippen LogP contribution in [0.3, 0.4) is 0 Å². The van der Waals surface area contributed by atoms with Crippen LogP contribution in [0.2, 0.25) is 0 Å². The molecule has 33 heavy (non-hydrogen) atoms. The molecule has 2 aliphatic rings. The number of amidine groups is 1. The second kappa shape index (κ2) is 10.3. The van der Waals surface area contributed by atoms with Crippen molar-refractivity contribution in [3.05, 3.63) is 51.1 Å². The van der Waals surface area contributed by atoms with Gasteiger partial charge in [-0.05, 0) is 25.8 Å². The number of aliphatic imine (C=N–C) groups is 1. The largest absolute Gasteiger partial charge is 0.506 e. The number of phenols is 1. The van der Waals surface area contributed by atoms with E-state index in [4.69, 9.17) is 9.47 Å². The lowest BCUT2D eigenvalue weighted by Crippen LogP contribution is -2.26. The Morgan fingerprint density at radius 1 is 1.27 bits per heavy atom. The third-order valence-electron chi connectivity index (χ3n) is 5.34. The molecule has 176 valence electrons. The van der Waals surface area contributed by atoms with Crippen LogP contribution in [0.25, 0.3) is 0 Å². The molecule has 10 heteroatoms. The van der Waals surface area contributed by atoms with E-state index in [1.807, 2.05) is 6.92 Å². The fourth-order valence-corrected chi connectivity index (χ4v) is 4.66. The van der Waals surface area contributed by atoms with Crippen LogP contribution in [0.1, 0.15) is 46.3 Å². The van der Waals surface area contributed by atoms with Gasteiger partial charge in [0.2, 0.25) is 0 Å². The fourth-order valence-electron chi connectivity index (χ4n) is 3.63. The van der Waals surface area contributed by atoms with Crippen LogP contribution in [0.5, 0.6) is 11.5 Å². The molecule has 2 aliphatic heterocycles. The number of hydrogen-bond donors (Lipinski definition) is 2. The van der Waals surface area contributed by atoms with Gasteiger partial charge in [-0.2, -0.15) is 4.89 Å². The van der Waals surface area contributed by atoms with E-state index in [9.17, 15) is 14.3 Å². The average molecular weight is 477 g/mol. The van der Waals surface area contributed by atoms with Gasteiger partial charge >= 0.3 is 5.97 Å². The van der Waals surface area contributed by atoms with Crippen molar-refractivity contribution >= 4 is 28.8 Å². The number of allylic oxidation sites excluding steroid dienone is 1. The molecule has 0 saturated carbocycles. The zero-order chi connectivity index (χ0) is 23.4. The lowest BCUT2D eigenvalue weighted by atomic mass is 10.1. The van der Waals surface area contributed by atoms with Crippen LogP contribution in [-0.4, -0.2) is 43.3 Å². The van der Waals surface area contributed by atoms with E-state index >= 15 is 0 Å². The van der Waals surface area contributed by atoms with Gasteiger partial charge in [-0.25, -0.2) is 14.2 Å². The molecular weight excluding hydrogens is 451 g/mol. The second-order valence-electron chi connectivity index (χ2n) is 7.79. The monoisotopic (exact) mass is 476 g/mol. The molecule has 1 aromatic carbocycles. The molecule has 4 rings (SSSR count). The van der Waals surface area contributed by atoms with E-state index < -0.39 is 11.8 Å². The first-order valence-corrected chi connectivity index (χ1v) is 11.4. The Kier molecular flexibility index (Phi) is 7.26. The van der Waals surface area contributed by atoms with Crippen molar-refractivity contribution < 1.29 is 33.5 Å². The smallest absolute Gasteiger partial charge is 0.382 e. The van der Waals surface area contributed by atoms with Crippen LogP contribution in [0.15, 0.2) is 35.0 Å². The summed E-state index contributed by atoms with van der Waals surface area (Å²) in [6, 6.07) is 3.92. The molecule has 0 bridgehead atoms. The van der Waals surface area contributed by atoms with Crippen LogP contribution in [0, 0.1) is 5.82 Å². The Morgan fingerprint density at radius 3 is 2.82 bits per heavy atom. The normalized spacial score (nSPS) is 16.7. The summed E-state index contributed by atoms with van der Waals surface area (Å²) in [5.74, 6) is -0.947. The number of hydrogen-bond acceptors (Lipinski definition) is 9. The first kappa shape index (κ1) is 23.2. The number of anilines is 1. The van der Waals surface area contributed by atoms with Crippen LogP contribution in [0.4, 0.5) is 10.1 Å². The summed E-state index contributed by atoms with van der Waals surface area (Å²) in [5.41, 5.74) is 1.94. The van der Waals surface area contributed by atoms with E-state index in [1.165, 1.54) is 24.5 Å². The van der Waals surface area contributed by atoms with Gasteiger partial charge in [-0.1, -0.05) is 5.57 Å². The van der Waals surface area contributed by atoms with Gasteiger partial charge in [0.1, 0.15) is 39.8 Å². The van der Waals surface area contributed by atoms with Crippen molar-refractivity contribution in [3.8, 4) is 11.5 Å². The number of fused-ring (bicyclic) bond motifs is 1. The van der Waals surface area contributed by atoms with E-state index in [-0.39, 0.29) is 23.3 Å². The molecule has 2 N–H and O–H groups in total. The number of benzene rings is 1. The highest BCUT2D eigenvalue weighted by Gasteiger charge is 2.24. The Bertz CT molecular complexity index is 1090. The van der Waals surface area contributed by atoms with Crippen LogP contribution < -0.4 is 10.1 Å². The molecule has 0 radical (unpaired) electrons. The molecule has 0 spiro atoms. The van der Waals surface area contributed by atoms with Crippen molar-refractivity contribution in [2.75, 3.05) is 25.6 Å². The minimum Gasteiger partial charge on any atom is -0.506 e. The molecule has 1 fully saturated rings. The Hall–Kier alpha value is -2.95. The summed E-state index contributed by atoms with van der Waals surface area (Å²) in [4.78, 5) is 27.2. The maximum atomic E-state index is 14.1. The molecule has 0 amide bonds. The van der Waals surface area contributed by atoms with Gasteiger partial charge in [0.05, 0.1) is 20.3 Å². The first-order valence-electron chi connectivity index (χ1n) is 10.6. The summed E-state index contributed by atoms with van der Waals surface area (Å²) in [5, 5.41) is 13.7. The van der Waals surface area contributed by atoms with Gasteiger partial charge in [0, 0.05) is 41.6 Å². The summed E-state index contributed by atoms with van der Waals surface area (Å²) >= 11 is 1.29. The van der Waals surface area contributed by atoms with Crippen molar-refractivity contribution in [2.45, 2.75) is 38.7 Å². The zero-order valence-electron chi connectivity index (χ0n) is 18.4. The standard InChI is InChI=1S/C23H25FN2O6S/c1-13-3-4-19-16(11-20(33-19)23(28)32-29-2)22(25-12-13)26-21-17(27)9-14(24)10-18(21)31-15-5-7-30-8-6-15/h9-12,15,27H,3-8H2,1-2H3,(H,25,26). The summed E-state index contributed by atoms with van der Waals surface area (Å²) in [6.45, 7) is 3.09. The molecule has 0 atom stereocenters. The predicted molar refractivity (Wildman–Crippen MR) is 122 cm³/mol. The van der Waals surface area contributed by atoms with Gasteiger partial charge in [0.25, 0.3) is 0 Å². The molecule has 8 nitrogen and oxygen atoms in total. The van der Waals surface area contributed by atoms with Gasteiger partial charge in [0.15, 0.2) is 0 Å². The molecule has 3 heterocycles. The first-order chi connectivity index (χ1) is 15.9. The molecule has 0 aliphatic carbocycles. The highest BCUT2D eigenvalue weighted by atomic mass is 32.1. The molecule has 0 unspecified atom stereocenters. The third-order valence-corrected chi connectivity index (χ3v) is 6.51. The molecule has 2 aromatic rings. The number of rotatable bonds is 5. The number of carbonyl (C=O) groups is 1. The maximum Gasteiger partial charge on any atom is 0.382 e. The average Bonchev–Trinajstić information content (AvgIpc) is 3.20. The number of aryl methyl sites for hydroxylation is 1. The Balaban J connectivity index is 1.71. The molecule has 1 aromatic heterocycles. The topological polar surface area (TPSA) is 98.6 Å². The predicted octanol–water partition coefficient (Wildman–Crippen LogP) is 4.58. The minimum absolute atomic E-state index is 0.158. The van der Waals surface area contributed by atoms with Crippen molar-refractivity contribution in [1.82, 2.24) is 0 Å². The Morgan fingerprint density at radius 2 is 2.06 bits per heavy atom. The van der Waals surface area contributed by atoms with Gasteiger partial charge < -0.3 is 19.9 Å². The van der Waals surface area contributed by atoms with Gasteiger partial charge in [-0.3, -0.25) is 4.89 Å². The van der Waals surface area contributed by atoms with Crippen molar-refractivity contribution in [2.24, 2.45) is 4.99 Å². The van der Waals surface area contributed by atoms with E-state index in [0.29, 0.717) is 48.8 Å². The van der Waals surface area contributed by atoms with E-state index in [0.717, 1.165) is 22.9 Å². The summed E-state index contributed by atoms with van der Waals surface area (Å²) < 4.78 is 25.5. The van der Waals surface area contributed by atoms with Gasteiger partial charge in [-0.15, -0.1) is 11.3 Å². The maximum absolute atomic E-state index is 14.1. The SMILES string of the molecule is COOC(=O)c1cc2c(s1)CCC(C)=CN=C2Nc1c(O)cc(F)cc1OC1CCOCC1. The lowest BCUT2D eigenvalue weighted by Gasteiger charge is -2.25. The third kappa shape index (κ3) is 5.52. The summed E-state index contributed by atoms with van der Waals surface area (Å²) in [7, 11) is 1.26. The quantitative estimate of drug-likeness (QED) is 0.370. The number of phenolic OH excluding ortho intramolecular Hbond substituents is 1.